The summed E-state index contributed by atoms with van der Waals surface area (Å²) in [5.74, 6) is 2.27. The summed E-state index contributed by atoms with van der Waals surface area (Å²) < 4.78 is 10.8. The molecular weight excluding hydrogens is 252 g/mol. The molecule has 2 unspecified atom stereocenters. The largest absolute Gasteiger partial charge is 0.493 e. The highest BCUT2D eigenvalue weighted by molar-refractivity contribution is 5.44. The molecule has 0 aromatic heterocycles. The molecule has 2 atom stereocenters. The first kappa shape index (κ1) is 15.1. The highest BCUT2D eigenvalue weighted by Gasteiger charge is 2.33. The third kappa shape index (κ3) is 3.07. The maximum atomic E-state index is 5.43. The molecule has 1 saturated heterocycles. The van der Waals surface area contributed by atoms with Gasteiger partial charge in [-0.05, 0) is 57.7 Å². The van der Waals surface area contributed by atoms with Crippen LogP contribution in [0.15, 0.2) is 18.2 Å². The van der Waals surface area contributed by atoms with E-state index in [0.717, 1.165) is 24.6 Å². The Labute approximate surface area is 122 Å². The minimum absolute atomic E-state index is 0.456. The van der Waals surface area contributed by atoms with Crippen LogP contribution in [-0.4, -0.2) is 58.3 Å². The smallest absolute Gasteiger partial charge is 0.161 e. The van der Waals surface area contributed by atoms with E-state index in [1.165, 1.54) is 12.0 Å². The summed E-state index contributed by atoms with van der Waals surface area (Å²) in [4.78, 5) is 4.72. The lowest BCUT2D eigenvalue weighted by Gasteiger charge is -2.28. The van der Waals surface area contributed by atoms with E-state index in [2.05, 4.69) is 43.1 Å². The Hall–Kier alpha value is -1.26. The summed E-state index contributed by atoms with van der Waals surface area (Å²) in [6.07, 6.45) is 1.24. The van der Waals surface area contributed by atoms with Gasteiger partial charge in [-0.15, -0.1) is 0 Å². The first-order valence-corrected chi connectivity index (χ1v) is 7.13. The Balaban J connectivity index is 2.28. The number of methoxy groups -OCH3 is 2. The standard InChI is InChI=1S/C16H26N2O2/c1-17(2)11-13-8-9-18(3)16(13)12-6-7-14(19-4)15(10-12)20-5/h6-7,10,13,16H,8-9,11H2,1-5H3. The van der Waals surface area contributed by atoms with Gasteiger partial charge in [0, 0.05) is 12.6 Å². The van der Waals surface area contributed by atoms with Crippen molar-refractivity contribution in [3.63, 3.8) is 0 Å². The van der Waals surface area contributed by atoms with Gasteiger partial charge in [0.25, 0.3) is 0 Å². The number of ether oxygens (including phenoxy) is 2. The highest BCUT2D eigenvalue weighted by atomic mass is 16.5. The molecule has 0 amide bonds. The number of rotatable bonds is 5. The lowest BCUT2D eigenvalue weighted by molar-refractivity contribution is 0.236. The number of hydrogen-bond donors (Lipinski definition) is 0. The fourth-order valence-corrected chi connectivity index (χ4v) is 3.25. The van der Waals surface area contributed by atoms with E-state index in [4.69, 9.17) is 9.47 Å². The minimum atomic E-state index is 0.456. The number of benzene rings is 1. The van der Waals surface area contributed by atoms with E-state index >= 15 is 0 Å². The van der Waals surface area contributed by atoms with Gasteiger partial charge in [0.1, 0.15) is 0 Å². The van der Waals surface area contributed by atoms with Gasteiger partial charge in [-0.2, -0.15) is 0 Å². The molecule has 0 bridgehead atoms. The predicted molar refractivity (Wildman–Crippen MR) is 81.6 cm³/mol. The second kappa shape index (κ2) is 6.46. The molecule has 2 rings (SSSR count). The SMILES string of the molecule is COc1ccc(C2C(CN(C)C)CCN2C)cc1OC. The zero-order valence-electron chi connectivity index (χ0n) is 13.2. The van der Waals surface area contributed by atoms with Crippen molar-refractivity contribution >= 4 is 0 Å². The van der Waals surface area contributed by atoms with Gasteiger partial charge < -0.3 is 14.4 Å². The average Bonchev–Trinajstić information content (AvgIpc) is 2.78. The summed E-state index contributed by atoms with van der Waals surface area (Å²) in [7, 11) is 9.86. The summed E-state index contributed by atoms with van der Waals surface area (Å²) in [5.41, 5.74) is 1.31. The van der Waals surface area contributed by atoms with Gasteiger partial charge in [-0.3, -0.25) is 4.90 Å². The first-order chi connectivity index (χ1) is 9.56. The van der Waals surface area contributed by atoms with Crippen molar-refractivity contribution in [2.24, 2.45) is 5.92 Å². The molecule has 0 spiro atoms. The maximum Gasteiger partial charge on any atom is 0.161 e. The molecule has 1 fully saturated rings. The van der Waals surface area contributed by atoms with E-state index in [0.29, 0.717) is 12.0 Å². The Morgan fingerprint density at radius 1 is 1.20 bits per heavy atom. The van der Waals surface area contributed by atoms with Crippen LogP contribution in [0.25, 0.3) is 0 Å². The summed E-state index contributed by atoms with van der Waals surface area (Å²) in [5, 5.41) is 0. The molecule has 20 heavy (non-hydrogen) atoms. The Morgan fingerprint density at radius 2 is 1.90 bits per heavy atom. The zero-order valence-corrected chi connectivity index (χ0v) is 13.2. The first-order valence-electron chi connectivity index (χ1n) is 7.13. The fraction of sp³-hybridized carbons (Fsp3) is 0.625. The predicted octanol–water partition coefficient (Wildman–Crippen LogP) is 2.26. The molecule has 112 valence electrons. The third-order valence-electron chi connectivity index (χ3n) is 4.12. The van der Waals surface area contributed by atoms with Crippen LogP contribution in [0.3, 0.4) is 0 Å². The maximum absolute atomic E-state index is 5.43. The molecule has 0 saturated carbocycles. The highest BCUT2D eigenvalue weighted by Crippen LogP contribution is 2.39. The molecule has 1 aliphatic rings. The third-order valence-corrected chi connectivity index (χ3v) is 4.12. The van der Waals surface area contributed by atoms with Crippen molar-refractivity contribution in [1.29, 1.82) is 0 Å². The topological polar surface area (TPSA) is 24.9 Å². The molecule has 0 N–H and O–H groups in total. The van der Waals surface area contributed by atoms with Gasteiger partial charge in [-0.25, -0.2) is 0 Å². The molecule has 1 aliphatic heterocycles. The van der Waals surface area contributed by atoms with Crippen molar-refractivity contribution in [2.45, 2.75) is 12.5 Å². The van der Waals surface area contributed by atoms with Crippen LogP contribution in [0, 0.1) is 5.92 Å². The molecule has 4 nitrogen and oxygen atoms in total. The van der Waals surface area contributed by atoms with Gasteiger partial charge in [0.15, 0.2) is 11.5 Å². The van der Waals surface area contributed by atoms with E-state index in [1.54, 1.807) is 14.2 Å². The van der Waals surface area contributed by atoms with E-state index < -0.39 is 0 Å². The summed E-state index contributed by atoms with van der Waals surface area (Å²) in [6.45, 7) is 2.26. The number of likely N-dealkylation sites (tertiary alicyclic amines) is 1. The van der Waals surface area contributed by atoms with Crippen molar-refractivity contribution in [2.75, 3.05) is 48.5 Å². The van der Waals surface area contributed by atoms with Crippen molar-refractivity contribution in [1.82, 2.24) is 9.80 Å². The fourth-order valence-electron chi connectivity index (χ4n) is 3.25. The van der Waals surface area contributed by atoms with E-state index in [-0.39, 0.29) is 0 Å². The molecule has 1 heterocycles. The Kier molecular flexibility index (Phi) is 4.89. The minimum Gasteiger partial charge on any atom is -0.493 e. The Bertz CT molecular complexity index is 448. The molecule has 1 aromatic carbocycles. The van der Waals surface area contributed by atoms with Crippen LogP contribution >= 0.6 is 0 Å². The van der Waals surface area contributed by atoms with Crippen LogP contribution in [0.5, 0.6) is 11.5 Å². The lowest BCUT2D eigenvalue weighted by Crippen LogP contribution is -2.28. The van der Waals surface area contributed by atoms with Crippen molar-refractivity contribution in [3.05, 3.63) is 23.8 Å². The summed E-state index contributed by atoms with van der Waals surface area (Å²) >= 11 is 0. The average molecular weight is 278 g/mol. The molecule has 1 aromatic rings. The molecule has 0 aliphatic carbocycles. The summed E-state index contributed by atoms with van der Waals surface area (Å²) in [6, 6.07) is 6.74. The quantitative estimate of drug-likeness (QED) is 0.825. The molecule has 0 radical (unpaired) electrons. The Morgan fingerprint density at radius 3 is 2.50 bits per heavy atom. The van der Waals surface area contributed by atoms with Crippen LogP contribution in [-0.2, 0) is 0 Å². The van der Waals surface area contributed by atoms with Crippen molar-refractivity contribution in [3.8, 4) is 11.5 Å². The monoisotopic (exact) mass is 278 g/mol. The second-order valence-corrected chi connectivity index (χ2v) is 5.85. The van der Waals surface area contributed by atoms with Gasteiger partial charge >= 0.3 is 0 Å². The van der Waals surface area contributed by atoms with Crippen LogP contribution in [0.4, 0.5) is 0 Å². The zero-order chi connectivity index (χ0) is 14.7. The van der Waals surface area contributed by atoms with E-state index in [9.17, 15) is 0 Å². The van der Waals surface area contributed by atoms with Gasteiger partial charge in [0.2, 0.25) is 0 Å². The lowest BCUT2D eigenvalue weighted by atomic mass is 9.93. The normalized spacial score (nSPS) is 23.3. The second-order valence-electron chi connectivity index (χ2n) is 5.85. The van der Waals surface area contributed by atoms with Gasteiger partial charge in [0.05, 0.1) is 14.2 Å². The van der Waals surface area contributed by atoms with Crippen LogP contribution in [0.2, 0.25) is 0 Å². The van der Waals surface area contributed by atoms with Gasteiger partial charge in [-0.1, -0.05) is 6.07 Å². The number of hydrogen-bond acceptors (Lipinski definition) is 4. The van der Waals surface area contributed by atoms with Crippen LogP contribution < -0.4 is 9.47 Å². The van der Waals surface area contributed by atoms with E-state index in [1.807, 2.05) is 6.07 Å². The van der Waals surface area contributed by atoms with Crippen molar-refractivity contribution < 1.29 is 9.47 Å². The molecular formula is C16H26N2O2. The molecule has 4 heteroatoms. The van der Waals surface area contributed by atoms with Crippen LogP contribution in [0.1, 0.15) is 18.0 Å². The number of nitrogens with zero attached hydrogens (tertiary/aromatic N) is 2.